The molecular formula is C12H22O2. The molecule has 14 heavy (non-hydrogen) atoms. The van der Waals surface area contributed by atoms with Crippen LogP contribution in [0.15, 0.2) is 0 Å². The van der Waals surface area contributed by atoms with Crippen LogP contribution in [0.3, 0.4) is 0 Å². The topological polar surface area (TPSA) is 18.5 Å². The van der Waals surface area contributed by atoms with E-state index >= 15 is 0 Å². The average molecular weight is 198 g/mol. The highest BCUT2D eigenvalue weighted by Crippen LogP contribution is 2.37. The van der Waals surface area contributed by atoms with Crippen LogP contribution >= 0.6 is 0 Å². The normalized spacial score (nSPS) is 38.8. The molecule has 82 valence electrons. The summed E-state index contributed by atoms with van der Waals surface area (Å²) in [4.78, 5) is 0. The molecule has 0 N–H and O–H groups in total. The first-order valence-corrected chi connectivity index (χ1v) is 6.16. The Morgan fingerprint density at radius 2 is 2.07 bits per heavy atom. The molecule has 0 aromatic heterocycles. The lowest BCUT2D eigenvalue weighted by Gasteiger charge is -2.43. The van der Waals surface area contributed by atoms with Crippen LogP contribution in [0.25, 0.3) is 0 Å². The Kier molecular flexibility index (Phi) is 3.45. The van der Waals surface area contributed by atoms with Crippen molar-refractivity contribution in [2.24, 2.45) is 0 Å². The Bertz CT molecular complexity index is 166. The van der Waals surface area contributed by atoms with Crippen molar-refractivity contribution < 1.29 is 9.47 Å². The van der Waals surface area contributed by atoms with E-state index < -0.39 is 0 Å². The number of ether oxygens (including phenoxy) is 2. The van der Waals surface area contributed by atoms with Gasteiger partial charge in [0.2, 0.25) is 0 Å². The van der Waals surface area contributed by atoms with Crippen molar-refractivity contribution in [1.29, 1.82) is 0 Å². The molecule has 2 aliphatic rings. The van der Waals surface area contributed by atoms with Crippen LogP contribution in [0.2, 0.25) is 0 Å². The highest BCUT2D eigenvalue weighted by atomic mass is 16.7. The third-order valence-electron chi connectivity index (χ3n) is 3.39. The summed E-state index contributed by atoms with van der Waals surface area (Å²) in [5.74, 6) is -0.170. The van der Waals surface area contributed by atoms with Gasteiger partial charge in [-0.05, 0) is 32.1 Å². The fraction of sp³-hybridized carbons (Fsp3) is 1.00. The van der Waals surface area contributed by atoms with E-state index in [1.165, 1.54) is 38.5 Å². The van der Waals surface area contributed by atoms with Crippen molar-refractivity contribution in [3.8, 4) is 0 Å². The summed E-state index contributed by atoms with van der Waals surface area (Å²) in [5.41, 5.74) is 0. The van der Waals surface area contributed by atoms with Crippen LogP contribution in [-0.4, -0.2) is 18.5 Å². The second kappa shape index (κ2) is 4.63. The fourth-order valence-corrected chi connectivity index (χ4v) is 2.66. The molecule has 0 radical (unpaired) electrons. The first-order valence-electron chi connectivity index (χ1n) is 6.16. The van der Waals surface area contributed by atoms with Crippen molar-refractivity contribution in [1.82, 2.24) is 0 Å². The van der Waals surface area contributed by atoms with E-state index in [1.54, 1.807) is 0 Å². The van der Waals surface area contributed by atoms with E-state index in [-0.39, 0.29) is 5.79 Å². The van der Waals surface area contributed by atoms with Crippen molar-refractivity contribution in [2.45, 2.75) is 70.2 Å². The quantitative estimate of drug-likeness (QED) is 0.678. The van der Waals surface area contributed by atoms with Gasteiger partial charge in [-0.2, -0.15) is 0 Å². The maximum atomic E-state index is 6.13. The van der Waals surface area contributed by atoms with E-state index in [0.717, 1.165) is 19.4 Å². The predicted molar refractivity (Wildman–Crippen MR) is 56.2 cm³/mol. The Balaban J connectivity index is 1.91. The predicted octanol–water partition coefficient (Wildman–Crippen LogP) is 3.25. The molecule has 0 aliphatic carbocycles. The SMILES string of the molecule is CCCC1CCCC2(CCCCO2)O1. The molecule has 2 fully saturated rings. The Hall–Kier alpha value is -0.0800. The molecule has 0 aromatic carbocycles. The van der Waals surface area contributed by atoms with Crippen LogP contribution in [0.1, 0.15) is 58.3 Å². The molecule has 1 spiro atoms. The van der Waals surface area contributed by atoms with Gasteiger partial charge in [-0.3, -0.25) is 0 Å². The molecule has 0 bridgehead atoms. The molecule has 0 amide bonds. The standard InChI is InChI=1S/C12H22O2/c1-2-6-11-7-5-9-12(14-11)8-3-4-10-13-12/h11H,2-10H2,1H3. The molecule has 2 rings (SSSR count). The van der Waals surface area contributed by atoms with Gasteiger partial charge in [0.15, 0.2) is 5.79 Å². The number of rotatable bonds is 2. The zero-order chi connectivity index (χ0) is 9.86. The lowest BCUT2D eigenvalue weighted by Crippen LogP contribution is -2.45. The summed E-state index contributed by atoms with van der Waals surface area (Å²) in [6, 6.07) is 0. The molecule has 2 aliphatic heterocycles. The monoisotopic (exact) mass is 198 g/mol. The van der Waals surface area contributed by atoms with Gasteiger partial charge in [0.1, 0.15) is 0 Å². The van der Waals surface area contributed by atoms with Gasteiger partial charge in [-0.25, -0.2) is 0 Å². The van der Waals surface area contributed by atoms with Gasteiger partial charge < -0.3 is 9.47 Å². The molecular weight excluding hydrogens is 176 g/mol. The second-order valence-electron chi connectivity index (χ2n) is 4.64. The Labute approximate surface area is 87.0 Å². The highest BCUT2D eigenvalue weighted by Gasteiger charge is 2.39. The molecule has 2 nitrogen and oxygen atoms in total. The summed E-state index contributed by atoms with van der Waals surface area (Å²) in [6.07, 6.45) is 10.1. The molecule has 2 heteroatoms. The zero-order valence-corrected chi connectivity index (χ0v) is 9.26. The molecule has 2 heterocycles. The number of hydrogen-bond donors (Lipinski definition) is 0. The molecule has 2 saturated heterocycles. The summed E-state index contributed by atoms with van der Waals surface area (Å²) in [5, 5.41) is 0. The van der Waals surface area contributed by atoms with E-state index in [1.807, 2.05) is 0 Å². The third kappa shape index (κ3) is 2.29. The Morgan fingerprint density at radius 1 is 1.21 bits per heavy atom. The van der Waals surface area contributed by atoms with Gasteiger partial charge in [-0.1, -0.05) is 13.3 Å². The maximum absolute atomic E-state index is 6.13. The van der Waals surface area contributed by atoms with Crippen LogP contribution in [0.5, 0.6) is 0 Å². The van der Waals surface area contributed by atoms with Gasteiger partial charge >= 0.3 is 0 Å². The molecule has 2 atom stereocenters. The summed E-state index contributed by atoms with van der Waals surface area (Å²) < 4.78 is 12.0. The van der Waals surface area contributed by atoms with Crippen LogP contribution in [-0.2, 0) is 9.47 Å². The highest BCUT2D eigenvalue weighted by molar-refractivity contribution is 4.80. The van der Waals surface area contributed by atoms with Gasteiger partial charge in [0, 0.05) is 12.8 Å². The fourth-order valence-electron chi connectivity index (χ4n) is 2.66. The zero-order valence-electron chi connectivity index (χ0n) is 9.26. The summed E-state index contributed by atoms with van der Waals surface area (Å²) in [6.45, 7) is 3.13. The van der Waals surface area contributed by atoms with Gasteiger partial charge in [-0.15, -0.1) is 0 Å². The minimum atomic E-state index is -0.170. The smallest absolute Gasteiger partial charge is 0.168 e. The second-order valence-corrected chi connectivity index (χ2v) is 4.64. The minimum absolute atomic E-state index is 0.170. The molecule has 0 aromatic rings. The molecule has 2 unspecified atom stereocenters. The lowest BCUT2D eigenvalue weighted by molar-refractivity contribution is -0.295. The summed E-state index contributed by atoms with van der Waals surface area (Å²) >= 11 is 0. The maximum Gasteiger partial charge on any atom is 0.168 e. The summed E-state index contributed by atoms with van der Waals surface area (Å²) in [7, 11) is 0. The van der Waals surface area contributed by atoms with Crippen molar-refractivity contribution in [3.63, 3.8) is 0 Å². The van der Waals surface area contributed by atoms with Crippen molar-refractivity contribution >= 4 is 0 Å². The van der Waals surface area contributed by atoms with Gasteiger partial charge in [0.05, 0.1) is 12.7 Å². The third-order valence-corrected chi connectivity index (χ3v) is 3.39. The van der Waals surface area contributed by atoms with Crippen LogP contribution < -0.4 is 0 Å². The molecule has 0 saturated carbocycles. The van der Waals surface area contributed by atoms with E-state index in [4.69, 9.17) is 9.47 Å². The lowest BCUT2D eigenvalue weighted by atomic mass is 9.93. The largest absolute Gasteiger partial charge is 0.350 e. The van der Waals surface area contributed by atoms with E-state index in [0.29, 0.717) is 6.10 Å². The van der Waals surface area contributed by atoms with Crippen molar-refractivity contribution in [3.05, 3.63) is 0 Å². The van der Waals surface area contributed by atoms with Gasteiger partial charge in [0.25, 0.3) is 0 Å². The minimum Gasteiger partial charge on any atom is -0.350 e. The van der Waals surface area contributed by atoms with Crippen molar-refractivity contribution in [2.75, 3.05) is 6.61 Å². The first kappa shape index (κ1) is 10.4. The van der Waals surface area contributed by atoms with E-state index in [2.05, 4.69) is 6.92 Å². The number of hydrogen-bond acceptors (Lipinski definition) is 2. The first-order chi connectivity index (χ1) is 6.85. The Morgan fingerprint density at radius 3 is 2.79 bits per heavy atom. The van der Waals surface area contributed by atoms with Crippen LogP contribution in [0, 0.1) is 0 Å². The van der Waals surface area contributed by atoms with E-state index in [9.17, 15) is 0 Å². The average Bonchev–Trinajstić information content (AvgIpc) is 2.19. The van der Waals surface area contributed by atoms with Crippen LogP contribution in [0.4, 0.5) is 0 Å².